The van der Waals surface area contributed by atoms with Crippen LogP contribution >= 0.6 is 0 Å². The van der Waals surface area contributed by atoms with Gasteiger partial charge in [0.2, 0.25) is 0 Å². The molecule has 1 aromatic rings. The SMILES string of the molecule is C[C@@H]1O[C@H](c2ccccc2)OC[C@]1(C)[N+](=O)[O-]. The van der Waals surface area contributed by atoms with E-state index < -0.39 is 17.9 Å². The highest BCUT2D eigenvalue weighted by atomic mass is 16.7. The first-order valence-corrected chi connectivity index (χ1v) is 5.50. The zero-order chi connectivity index (χ0) is 12.5. The van der Waals surface area contributed by atoms with E-state index >= 15 is 0 Å². The number of benzene rings is 1. The van der Waals surface area contributed by atoms with Crippen molar-refractivity contribution < 1.29 is 14.4 Å². The summed E-state index contributed by atoms with van der Waals surface area (Å²) in [6.45, 7) is 3.31. The van der Waals surface area contributed by atoms with Crippen LogP contribution in [0.1, 0.15) is 25.7 Å². The van der Waals surface area contributed by atoms with Crippen LogP contribution in [0, 0.1) is 10.1 Å². The zero-order valence-corrected chi connectivity index (χ0v) is 9.83. The Hall–Kier alpha value is -1.46. The van der Waals surface area contributed by atoms with E-state index in [1.165, 1.54) is 0 Å². The number of hydrogen-bond acceptors (Lipinski definition) is 4. The van der Waals surface area contributed by atoms with Gasteiger partial charge in [-0.1, -0.05) is 30.3 Å². The topological polar surface area (TPSA) is 61.6 Å². The van der Waals surface area contributed by atoms with Crippen molar-refractivity contribution in [2.75, 3.05) is 6.61 Å². The molecule has 0 spiro atoms. The third kappa shape index (κ3) is 2.16. The van der Waals surface area contributed by atoms with Gasteiger partial charge in [-0.15, -0.1) is 0 Å². The van der Waals surface area contributed by atoms with Gasteiger partial charge in [0.25, 0.3) is 5.54 Å². The lowest BCUT2D eigenvalue weighted by molar-refractivity contribution is -0.597. The molecule has 0 aromatic heterocycles. The molecular weight excluding hydrogens is 222 g/mol. The Bertz CT molecular complexity index is 408. The van der Waals surface area contributed by atoms with E-state index in [1.54, 1.807) is 13.8 Å². The average molecular weight is 237 g/mol. The summed E-state index contributed by atoms with van der Waals surface area (Å²) in [7, 11) is 0. The second-order valence-corrected chi connectivity index (χ2v) is 4.45. The highest BCUT2D eigenvalue weighted by Crippen LogP contribution is 2.32. The summed E-state index contributed by atoms with van der Waals surface area (Å²) in [4.78, 5) is 10.6. The van der Waals surface area contributed by atoms with Gasteiger partial charge in [-0.05, 0) is 6.92 Å². The maximum atomic E-state index is 11.0. The van der Waals surface area contributed by atoms with Crippen LogP contribution in [-0.2, 0) is 9.47 Å². The summed E-state index contributed by atoms with van der Waals surface area (Å²) in [5, 5.41) is 11.0. The number of hydrogen-bond donors (Lipinski definition) is 0. The van der Waals surface area contributed by atoms with Crippen molar-refractivity contribution in [1.29, 1.82) is 0 Å². The second kappa shape index (κ2) is 4.43. The lowest BCUT2D eigenvalue weighted by Gasteiger charge is -2.36. The van der Waals surface area contributed by atoms with Crippen LogP contribution in [0.5, 0.6) is 0 Å². The molecule has 17 heavy (non-hydrogen) atoms. The molecule has 0 amide bonds. The number of nitrogens with zero attached hydrogens (tertiary/aromatic N) is 1. The molecule has 1 heterocycles. The molecule has 1 aromatic carbocycles. The molecule has 1 fully saturated rings. The Labute approximate surface area is 99.5 Å². The minimum atomic E-state index is -1.18. The van der Waals surface area contributed by atoms with Gasteiger partial charge in [0, 0.05) is 17.4 Å². The Kier molecular flexibility index (Phi) is 3.13. The maximum absolute atomic E-state index is 11.0. The molecule has 0 N–H and O–H groups in total. The molecule has 0 unspecified atom stereocenters. The fourth-order valence-corrected chi connectivity index (χ4v) is 1.72. The predicted molar refractivity (Wildman–Crippen MR) is 61.1 cm³/mol. The predicted octanol–water partition coefficient (Wildman–Crippen LogP) is 2.16. The van der Waals surface area contributed by atoms with Crippen LogP contribution in [0.4, 0.5) is 0 Å². The first kappa shape index (κ1) is 12.0. The summed E-state index contributed by atoms with van der Waals surface area (Å²) >= 11 is 0. The molecule has 0 aliphatic carbocycles. The minimum absolute atomic E-state index is 0.0563. The Morgan fingerprint density at radius 3 is 2.59 bits per heavy atom. The molecule has 2 rings (SSSR count). The summed E-state index contributed by atoms with van der Waals surface area (Å²) in [6, 6.07) is 9.43. The van der Waals surface area contributed by atoms with E-state index in [9.17, 15) is 10.1 Å². The normalized spacial score (nSPS) is 33.3. The fraction of sp³-hybridized carbons (Fsp3) is 0.500. The van der Waals surface area contributed by atoms with Crippen molar-refractivity contribution in [2.45, 2.75) is 31.8 Å². The largest absolute Gasteiger partial charge is 0.341 e. The van der Waals surface area contributed by atoms with Gasteiger partial charge in [0.1, 0.15) is 12.7 Å². The van der Waals surface area contributed by atoms with Crippen LogP contribution in [0.25, 0.3) is 0 Å². The molecule has 3 atom stereocenters. The van der Waals surface area contributed by atoms with Gasteiger partial charge >= 0.3 is 0 Å². The molecule has 1 aliphatic heterocycles. The van der Waals surface area contributed by atoms with Crippen LogP contribution < -0.4 is 0 Å². The molecule has 0 bridgehead atoms. The Morgan fingerprint density at radius 1 is 1.41 bits per heavy atom. The zero-order valence-electron chi connectivity index (χ0n) is 9.83. The van der Waals surface area contributed by atoms with Crippen molar-refractivity contribution >= 4 is 0 Å². The smallest absolute Gasteiger partial charge is 0.267 e. The van der Waals surface area contributed by atoms with Crippen LogP contribution in [-0.4, -0.2) is 23.2 Å². The summed E-state index contributed by atoms with van der Waals surface area (Å²) in [6.07, 6.45) is -1.00. The van der Waals surface area contributed by atoms with Crippen molar-refractivity contribution in [1.82, 2.24) is 0 Å². The molecule has 1 saturated heterocycles. The highest BCUT2D eigenvalue weighted by Gasteiger charge is 2.49. The average Bonchev–Trinajstić information content (AvgIpc) is 2.33. The number of ether oxygens (including phenoxy) is 2. The van der Waals surface area contributed by atoms with Gasteiger partial charge < -0.3 is 9.47 Å². The van der Waals surface area contributed by atoms with Crippen LogP contribution in [0.2, 0.25) is 0 Å². The monoisotopic (exact) mass is 237 g/mol. The third-order valence-electron chi connectivity index (χ3n) is 3.22. The molecule has 5 heteroatoms. The molecule has 0 radical (unpaired) electrons. The fourth-order valence-electron chi connectivity index (χ4n) is 1.72. The van der Waals surface area contributed by atoms with Crippen molar-refractivity contribution in [3.63, 3.8) is 0 Å². The maximum Gasteiger partial charge on any atom is 0.267 e. The van der Waals surface area contributed by atoms with Crippen molar-refractivity contribution in [2.24, 2.45) is 0 Å². The molecule has 92 valence electrons. The second-order valence-electron chi connectivity index (χ2n) is 4.45. The summed E-state index contributed by atoms with van der Waals surface area (Å²) in [5.41, 5.74) is -0.296. The highest BCUT2D eigenvalue weighted by molar-refractivity contribution is 5.16. The number of nitro groups is 1. The van der Waals surface area contributed by atoms with Gasteiger partial charge in [-0.3, -0.25) is 10.1 Å². The molecule has 0 saturated carbocycles. The van der Waals surface area contributed by atoms with Gasteiger partial charge in [0.05, 0.1) is 0 Å². The molecule has 1 aliphatic rings. The Balaban J connectivity index is 2.13. The lowest BCUT2D eigenvalue weighted by atomic mass is 9.96. The van der Waals surface area contributed by atoms with Crippen molar-refractivity contribution in [3.8, 4) is 0 Å². The Morgan fingerprint density at radius 2 is 2.06 bits per heavy atom. The van der Waals surface area contributed by atoms with Gasteiger partial charge in [-0.2, -0.15) is 0 Å². The van der Waals surface area contributed by atoms with E-state index in [1.807, 2.05) is 30.3 Å². The van der Waals surface area contributed by atoms with E-state index in [-0.39, 0.29) is 11.5 Å². The standard InChI is InChI=1S/C12H15NO4/c1-9-12(2,13(14)15)8-16-11(17-9)10-6-4-3-5-7-10/h3-7,9,11H,8H2,1-2H3/t9-,11+,12-/m0/s1. The third-order valence-corrected chi connectivity index (χ3v) is 3.22. The van der Waals surface area contributed by atoms with Gasteiger partial charge in [0.15, 0.2) is 6.29 Å². The first-order chi connectivity index (χ1) is 8.04. The first-order valence-electron chi connectivity index (χ1n) is 5.50. The summed E-state index contributed by atoms with van der Waals surface area (Å²) in [5.74, 6) is 0. The van der Waals surface area contributed by atoms with E-state index in [2.05, 4.69) is 0 Å². The quantitative estimate of drug-likeness (QED) is 0.584. The van der Waals surface area contributed by atoms with E-state index in [4.69, 9.17) is 9.47 Å². The summed E-state index contributed by atoms with van der Waals surface area (Å²) < 4.78 is 11.0. The minimum Gasteiger partial charge on any atom is -0.341 e. The number of rotatable bonds is 2. The van der Waals surface area contributed by atoms with E-state index in [0.29, 0.717) is 0 Å². The van der Waals surface area contributed by atoms with Crippen LogP contribution in [0.15, 0.2) is 30.3 Å². The molecular formula is C12H15NO4. The van der Waals surface area contributed by atoms with Crippen LogP contribution in [0.3, 0.4) is 0 Å². The van der Waals surface area contributed by atoms with E-state index in [0.717, 1.165) is 5.56 Å². The molecule has 5 nitrogen and oxygen atoms in total. The van der Waals surface area contributed by atoms with Gasteiger partial charge in [-0.25, -0.2) is 0 Å². The lowest BCUT2D eigenvalue weighted by Crippen LogP contribution is -2.54. The van der Waals surface area contributed by atoms with Crippen molar-refractivity contribution in [3.05, 3.63) is 46.0 Å².